The quantitative estimate of drug-likeness (QED) is 0.371. The van der Waals surface area contributed by atoms with Gasteiger partial charge in [-0.05, 0) is 67.3 Å². The minimum absolute atomic E-state index is 0.161. The van der Waals surface area contributed by atoms with E-state index < -0.39 is 0 Å². The number of nitrogens with one attached hydrogen (secondary N) is 2. The molecule has 1 fully saturated rings. The highest BCUT2D eigenvalue weighted by atomic mass is 16.3. The molecule has 4 heterocycles. The number of fused-ring (bicyclic) bond motifs is 1. The van der Waals surface area contributed by atoms with Gasteiger partial charge in [0.05, 0.1) is 23.0 Å². The number of aromatic amines is 1. The number of H-pyrrole nitrogens is 1. The number of nitriles is 1. The molecule has 7 heteroatoms. The summed E-state index contributed by atoms with van der Waals surface area (Å²) in [6, 6.07) is 12.5. The van der Waals surface area contributed by atoms with Gasteiger partial charge in [0.1, 0.15) is 6.07 Å². The summed E-state index contributed by atoms with van der Waals surface area (Å²) in [7, 11) is 0. The molecule has 1 aromatic carbocycles. The van der Waals surface area contributed by atoms with Crippen molar-refractivity contribution in [2.45, 2.75) is 32.4 Å². The molecule has 0 amide bonds. The summed E-state index contributed by atoms with van der Waals surface area (Å²) in [6.07, 6.45) is 12.5. The third-order valence-corrected chi connectivity index (χ3v) is 6.60. The summed E-state index contributed by atoms with van der Waals surface area (Å²) >= 11 is 0. The molecule has 0 radical (unpaired) electrons. The molecular formula is C28H28N6O. The van der Waals surface area contributed by atoms with Crippen molar-refractivity contribution < 1.29 is 5.11 Å². The van der Waals surface area contributed by atoms with E-state index in [1.807, 2.05) is 42.7 Å². The van der Waals surface area contributed by atoms with Gasteiger partial charge in [-0.1, -0.05) is 6.07 Å². The number of aliphatic hydroxyl groups is 1. The Kier molecular flexibility index (Phi) is 6.57. The van der Waals surface area contributed by atoms with Gasteiger partial charge in [0, 0.05) is 66.6 Å². The number of pyridine rings is 2. The standard InChI is InChI=1S/C28H28N6O/c1-19-25-8-11-31-27(25)7-6-26(19)33-28-21(16-30-17-22(28)14-29)3-5-23-4-2-20(15-32-23)18-34-12-9-24(35)10-13-34/h2-8,11,15-17,24,31,35H,9-10,12-13,18H2,1H3,(H,30,33). The first-order chi connectivity index (χ1) is 17.1. The number of benzene rings is 1. The third-order valence-electron chi connectivity index (χ3n) is 6.60. The second-order valence-electron chi connectivity index (χ2n) is 9.00. The lowest BCUT2D eigenvalue weighted by atomic mass is 10.1. The van der Waals surface area contributed by atoms with Crippen LogP contribution in [0.3, 0.4) is 0 Å². The molecule has 4 aromatic rings. The summed E-state index contributed by atoms with van der Waals surface area (Å²) in [5, 5.41) is 24.0. The van der Waals surface area contributed by atoms with E-state index in [0.29, 0.717) is 5.56 Å². The van der Waals surface area contributed by atoms with E-state index >= 15 is 0 Å². The highest BCUT2D eigenvalue weighted by Gasteiger charge is 2.17. The van der Waals surface area contributed by atoms with Gasteiger partial charge in [0.15, 0.2) is 0 Å². The monoisotopic (exact) mass is 464 g/mol. The van der Waals surface area contributed by atoms with Crippen LogP contribution in [-0.2, 0) is 6.54 Å². The molecule has 0 spiro atoms. The maximum Gasteiger partial charge on any atom is 0.103 e. The first-order valence-corrected chi connectivity index (χ1v) is 11.9. The van der Waals surface area contributed by atoms with Crippen LogP contribution in [0.5, 0.6) is 0 Å². The third kappa shape index (κ3) is 5.09. The van der Waals surface area contributed by atoms with Crippen LogP contribution < -0.4 is 5.32 Å². The lowest BCUT2D eigenvalue weighted by molar-refractivity contribution is 0.0792. The van der Waals surface area contributed by atoms with Crippen LogP contribution in [0.4, 0.5) is 11.4 Å². The first-order valence-electron chi connectivity index (χ1n) is 11.9. The molecule has 0 unspecified atom stereocenters. The lowest BCUT2D eigenvalue weighted by Crippen LogP contribution is -2.35. The second-order valence-corrected chi connectivity index (χ2v) is 9.00. The molecule has 0 atom stereocenters. The number of likely N-dealkylation sites (tertiary alicyclic amines) is 1. The molecular weight excluding hydrogens is 436 g/mol. The summed E-state index contributed by atoms with van der Waals surface area (Å²) < 4.78 is 0. The Bertz CT molecular complexity index is 1390. The average molecular weight is 465 g/mol. The van der Waals surface area contributed by atoms with E-state index in [4.69, 9.17) is 0 Å². The summed E-state index contributed by atoms with van der Waals surface area (Å²) in [5.41, 5.74) is 7.15. The van der Waals surface area contributed by atoms with Gasteiger partial charge in [-0.15, -0.1) is 0 Å². The predicted octanol–water partition coefficient (Wildman–Crippen LogP) is 5.01. The Hall–Kier alpha value is -3.99. The van der Waals surface area contributed by atoms with Crippen LogP contribution in [0, 0.1) is 18.3 Å². The fourth-order valence-electron chi connectivity index (χ4n) is 4.52. The van der Waals surface area contributed by atoms with Gasteiger partial charge in [-0.25, -0.2) is 0 Å². The van der Waals surface area contributed by atoms with Crippen LogP contribution in [0.25, 0.3) is 23.1 Å². The van der Waals surface area contributed by atoms with Crippen molar-refractivity contribution in [2.24, 2.45) is 0 Å². The smallest absolute Gasteiger partial charge is 0.103 e. The Balaban J connectivity index is 1.35. The van der Waals surface area contributed by atoms with Crippen molar-refractivity contribution in [3.8, 4) is 6.07 Å². The molecule has 35 heavy (non-hydrogen) atoms. The molecule has 0 aliphatic carbocycles. The van der Waals surface area contributed by atoms with Gasteiger partial charge in [-0.3, -0.25) is 14.9 Å². The van der Waals surface area contributed by atoms with E-state index in [-0.39, 0.29) is 6.10 Å². The predicted molar refractivity (Wildman–Crippen MR) is 139 cm³/mol. The highest BCUT2D eigenvalue weighted by Crippen LogP contribution is 2.31. The van der Waals surface area contributed by atoms with Gasteiger partial charge in [-0.2, -0.15) is 5.26 Å². The van der Waals surface area contributed by atoms with Crippen molar-refractivity contribution in [3.05, 3.63) is 83.1 Å². The highest BCUT2D eigenvalue weighted by molar-refractivity contribution is 5.90. The maximum atomic E-state index is 9.70. The Morgan fingerprint density at radius 2 is 2.00 bits per heavy atom. The maximum absolute atomic E-state index is 9.70. The van der Waals surface area contributed by atoms with Gasteiger partial charge >= 0.3 is 0 Å². The van der Waals surface area contributed by atoms with Crippen LogP contribution >= 0.6 is 0 Å². The number of aromatic nitrogens is 3. The van der Waals surface area contributed by atoms with Crippen LogP contribution in [0.1, 0.15) is 40.8 Å². The van der Waals surface area contributed by atoms with Crippen LogP contribution in [-0.4, -0.2) is 44.2 Å². The van der Waals surface area contributed by atoms with Crippen LogP contribution in [0.15, 0.2) is 55.1 Å². The molecule has 0 saturated carbocycles. The van der Waals surface area contributed by atoms with Crippen molar-refractivity contribution >= 4 is 34.4 Å². The number of aryl methyl sites for hydroxylation is 1. The average Bonchev–Trinajstić information content (AvgIpc) is 3.37. The Morgan fingerprint density at radius 3 is 2.77 bits per heavy atom. The van der Waals surface area contributed by atoms with Crippen molar-refractivity contribution in [3.63, 3.8) is 0 Å². The van der Waals surface area contributed by atoms with Gasteiger partial charge in [0.2, 0.25) is 0 Å². The molecule has 176 valence electrons. The number of aliphatic hydroxyl groups excluding tert-OH is 1. The van der Waals surface area contributed by atoms with E-state index in [1.165, 1.54) is 0 Å². The summed E-state index contributed by atoms with van der Waals surface area (Å²) in [4.78, 5) is 14.4. The minimum Gasteiger partial charge on any atom is -0.393 e. The Labute approximate surface area is 204 Å². The summed E-state index contributed by atoms with van der Waals surface area (Å²) in [5.74, 6) is 0. The van der Waals surface area contributed by atoms with Gasteiger partial charge < -0.3 is 15.4 Å². The number of piperidine rings is 1. The van der Waals surface area contributed by atoms with Crippen molar-refractivity contribution in [2.75, 3.05) is 18.4 Å². The van der Waals surface area contributed by atoms with Crippen LogP contribution in [0.2, 0.25) is 0 Å². The Morgan fingerprint density at radius 1 is 1.14 bits per heavy atom. The van der Waals surface area contributed by atoms with Gasteiger partial charge in [0.25, 0.3) is 0 Å². The number of rotatable bonds is 6. The largest absolute Gasteiger partial charge is 0.393 e. The molecule has 7 nitrogen and oxygen atoms in total. The molecule has 0 bridgehead atoms. The van der Waals surface area contributed by atoms with Crippen molar-refractivity contribution in [1.29, 1.82) is 5.26 Å². The van der Waals surface area contributed by atoms with Crippen molar-refractivity contribution in [1.82, 2.24) is 19.9 Å². The number of hydrogen-bond donors (Lipinski definition) is 3. The second kappa shape index (κ2) is 10.1. The fourth-order valence-corrected chi connectivity index (χ4v) is 4.52. The lowest BCUT2D eigenvalue weighted by Gasteiger charge is -2.29. The first kappa shape index (κ1) is 22.8. The van der Waals surface area contributed by atoms with E-state index in [9.17, 15) is 10.4 Å². The van der Waals surface area contributed by atoms with E-state index in [0.717, 1.165) is 77.1 Å². The molecule has 1 aliphatic rings. The molecule has 3 N–H and O–H groups in total. The number of nitrogens with zero attached hydrogens (tertiary/aromatic N) is 4. The zero-order chi connectivity index (χ0) is 24.2. The summed E-state index contributed by atoms with van der Waals surface area (Å²) in [6.45, 7) is 4.74. The molecule has 3 aromatic heterocycles. The molecule has 1 aliphatic heterocycles. The number of anilines is 2. The molecule has 5 rings (SSSR count). The normalized spacial score (nSPS) is 15.0. The minimum atomic E-state index is -0.161. The fraction of sp³-hybridized carbons (Fsp3) is 0.250. The van der Waals surface area contributed by atoms with E-state index in [1.54, 1.807) is 12.4 Å². The molecule has 1 saturated heterocycles. The topological polar surface area (TPSA) is 101 Å². The zero-order valence-electron chi connectivity index (χ0n) is 19.7. The SMILES string of the molecule is Cc1c(Nc2c(C#N)cncc2C=Cc2ccc(CN3CCC(O)CC3)cn2)ccc2[nH]ccc12. The van der Waals surface area contributed by atoms with E-state index in [2.05, 4.69) is 50.3 Å². The number of hydrogen-bond acceptors (Lipinski definition) is 6. The zero-order valence-corrected chi connectivity index (χ0v) is 19.7.